The molecule has 0 spiro atoms. The molecule has 1 unspecified atom stereocenters. The van der Waals surface area contributed by atoms with Crippen LogP contribution in [0.5, 0.6) is 0 Å². The Hall–Kier alpha value is -0.120. The van der Waals surface area contributed by atoms with Crippen LogP contribution in [-0.2, 0) is 4.74 Å². The summed E-state index contributed by atoms with van der Waals surface area (Å²) in [5, 5.41) is 8.66. The van der Waals surface area contributed by atoms with Crippen LogP contribution in [0.1, 0.15) is 77.6 Å². The van der Waals surface area contributed by atoms with E-state index in [1.807, 2.05) is 0 Å². The average molecular weight is 259 g/mol. The van der Waals surface area contributed by atoms with E-state index >= 15 is 0 Å². The SMILES string of the molecule is CCCCCCCCCCCCCOC(N)CO. The molecule has 0 saturated carbocycles. The Bertz CT molecular complexity index is 153. The van der Waals surface area contributed by atoms with Crippen LogP contribution in [0, 0.1) is 0 Å². The third-order valence-electron chi connectivity index (χ3n) is 3.26. The minimum atomic E-state index is -0.492. The quantitative estimate of drug-likeness (QED) is 0.370. The van der Waals surface area contributed by atoms with Gasteiger partial charge in [-0.2, -0.15) is 0 Å². The van der Waals surface area contributed by atoms with Gasteiger partial charge in [0.1, 0.15) is 6.23 Å². The highest BCUT2D eigenvalue weighted by Gasteiger charge is 1.98. The largest absolute Gasteiger partial charge is 0.392 e. The van der Waals surface area contributed by atoms with Crippen molar-refractivity contribution < 1.29 is 9.84 Å². The summed E-state index contributed by atoms with van der Waals surface area (Å²) >= 11 is 0. The topological polar surface area (TPSA) is 55.5 Å². The molecule has 0 aromatic heterocycles. The smallest absolute Gasteiger partial charge is 0.128 e. The van der Waals surface area contributed by atoms with E-state index in [1.165, 1.54) is 64.2 Å². The van der Waals surface area contributed by atoms with Crippen molar-refractivity contribution in [1.82, 2.24) is 0 Å². The van der Waals surface area contributed by atoms with Gasteiger partial charge >= 0.3 is 0 Å². The second-order valence-electron chi connectivity index (χ2n) is 5.13. The molecule has 0 aromatic carbocycles. The van der Waals surface area contributed by atoms with Gasteiger partial charge in [0.25, 0.3) is 0 Å². The monoisotopic (exact) mass is 259 g/mol. The Balaban J connectivity index is 2.94. The van der Waals surface area contributed by atoms with Crippen molar-refractivity contribution in [1.29, 1.82) is 0 Å². The molecule has 3 nitrogen and oxygen atoms in total. The normalized spacial score (nSPS) is 12.8. The summed E-state index contributed by atoms with van der Waals surface area (Å²) in [5.41, 5.74) is 5.43. The minimum Gasteiger partial charge on any atom is -0.392 e. The first-order valence-corrected chi connectivity index (χ1v) is 7.79. The van der Waals surface area contributed by atoms with Crippen molar-refractivity contribution in [2.45, 2.75) is 83.8 Å². The molecule has 0 heterocycles. The Morgan fingerprint density at radius 2 is 1.28 bits per heavy atom. The lowest BCUT2D eigenvalue weighted by Crippen LogP contribution is -2.28. The molecule has 1 atom stereocenters. The first-order chi connectivity index (χ1) is 8.81. The summed E-state index contributed by atoms with van der Waals surface area (Å²) in [6, 6.07) is 0. The summed E-state index contributed by atoms with van der Waals surface area (Å²) in [6.45, 7) is 2.86. The first kappa shape index (κ1) is 17.9. The van der Waals surface area contributed by atoms with Gasteiger partial charge in [0.2, 0.25) is 0 Å². The van der Waals surface area contributed by atoms with Crippen LogP contribution in [0.3, 0.4) is 0 Å². The lowest BCUT2D eigenvalue weighted by molar-refractivity contribution is 0.0154. The number of ether oxygens (including phenoxy) is 1. The molecule has 0 bridgehead atoms. The van der Waals surface area contributed by atoms with Crippen molar-refractivity contribution in [2.24, 2.45) is 5.73 Å². The number of aliphatic hydroxyl groups excluding tert-OH is 1. The van der Waals surface area contributed by atoms with E-state index in [1.54, 1.807) is 0 Å². The van der Waals surface area contributed by atoms with Crippen molar-refractivity contribution >= 4 is 0 Å². The molecule has 0 aliphatic rings. The molecule has 0 aliphatic carbocycles. The Labute approximate surface area is 113 Å². The highest BCUT2D eigenvalue weighted by molar-refractivity contribution is 4.48. The van der Waals surface area contributed by atoms with Crippen molar-refractivity contribution in [2.75, 3.05) is 13.2 Å². The lowest BCUT2D eigenvalue weighted by Gasteiger charge is -2.09. The van der Waals surface area contributed by atoms with E-state index in [4.69, 9.17) is 15.6 Å². The van der Waals surface area contributed by atoms with E-state index in [0.717, 1.165) is 6.42 Å². The van der Waals surface area contributed by atoms with Gasteiger partial charge in [0.05, 0.1) is 6.61 Å². The molecule has 0 aromatic rings. The summed E-state index contributed by atoms with van der Waals surface area (Å²) < 4.78 is 5.20. The van der Waals surface area contributed by atoms with Crippen molar-refractivity contribution in [3.05, 3.63) is 0 Å². The van der Waals surface area contributed by atoms with E-state index in [0.29, 0.717) is 6.61 Å². The number of aliphatic hydroxyl groups is 1. The predicted octanol–water partition coefficient (Wildman–Crippen LogP) is 3.59. The summed E-state index contributed by atoms with van der Waals surface area (Å²) in [7, 11) is 0. The maximum Gasteiger partial charge on any atom is 0.128 e. The van der Waals surface area contributed by atoms with Crippen LogP contribution in [-0.4, -0.2) is 24.5 Å². The standard InChI is InChI=1S/C15H33NO2/c1-2-3-4-5-6-7-8-9-10-11-12-13-18-15(16)14-17/h15,17H,2-14,16H2,1H3. The molecule has 110 valence electrons. The molecule has 0 rings (SSSR count). The van der Waals surface area contributed by atoms with Gasteiger partial charge in [0.15, 0.2) is 0 Å². The van der Waals surface area contributed by atoms with Crippen LogP contribution in [0.2, 0.25) is 0 Å². The fourth-order valence-electron chi connectivity index (χ4n) is 2.05. The molecule has 3 N–H and O–H groups in total. The van der Waals surface area contributed by atoms with E-state index in [9.17, 15) is 0 Å². The molecule has 0 fully saturated rings. The van der Waals surface area contributed by atoms with Crippen LogP contribution in [0.4, 0.5) is 0 Å². The maximum absolute atomic E-state index is 8.66. The first-order valence-electron chi connectivity index (χ1n) is 7.79. The fourth-order valence-corrected chi connectivity index (χ4v) is 2.05. The lowest BCUT2D eigenvalue weighted by atomic mass is 10.1. The number of unbranched alkanes of at least 4 members (excludes halogenated alkanes) is 10. The molecule has 0 saturated heterocycles. The van der Waals surface area contributed by atoms with Crippen LogP contribution in [0.25, 0.3) is 0 Å². The van der Waals surface area contributed by atoms with Gasteiger partial charge in [-0.15, -0.1) is 0 Å². The summed E-state index contributed by atoms with van der Waals surface area (Å²) in [4.78, 5) is 0. The van der Waals surface area contributed by atoms with Gasteiger partial charge < -0.3 is 15.6 Å². The number of nitrogens with two attached hydrogens (primary N) is 1. The second kappa shape index (κ2) is 14.9. The third kappa shape index (κ3) is 13.9. The Morgan fingerprint density at radius 1 is 0.833 bits per heavy atom. The molecule has 3 heteroatoms. The van der Waals surface area contributed by atoms with E-state index in [-0.39, 0.29) is 6.61 Å². The minimum absolute atomic E-state index is 0.0853. The molecule has 0 radical (unpaired) electrons. The second-order valence-corrected chi connectivity index (χ2v) is 5.13. The molecule has 0 aliphatic heterocycles. The van der Waals surface area contributed by atoms with Crippen molar-refractivity contribution in [3.8, 4) is 0 Å². The Kier molecular flexibility index (Phi) is 14.8. The van der Waals surface area contributed by atoms with Crippen LogP contribution < -0.4 is 5.73 Å². The predicted molar refractivity (Wildman–Crippen MR) is 77.5 cm³/mol. The molecule has 18 heavy (non-hydrogen) atoms. The average Bonchev–Trinajstić information content (AvgIpc) is 2.39. The van der Waals surface area contributed by atoms with Gasteiger partial charge in [-0.05, 0) is 6.42 Å². The van der Waals surface area contributed by atoms with Gasteiger partial charge in [-0.25, -0.2) is 0 Å². The molecular weight excluding hydrogens is 226 g/mol. The summed E-state index contributed by atoms with van der Waals surface area (Å²) in [6.07, 6.45) is 14.2. The third-order valence-corrected chi connectivity index (χ3v) is 3.26. The Morgan fingerprint density at radius 3 is 1.72 bits per heavy atom. The molecule has 0 amide bonds. The zero-order valence-electron chi connectivity index (χ0n) is 12.2. The number of hydrogen-bond acceptors (Lipinski definition) is 3. The van der Waals surface area contributed by atoms with Crippen molar-refractivity contribution in [3.63, 3.8) is 0 Å². The zero-order valence-corrected chi connectivity index (χ0v) is 12.2. The van der Waals surface area contributed by atoms with Crippen LogP contribution in [0.15, 0.2) is 0 Å². The van der Waals surface area contributed by atoms with E-state index < -0.39 is 6.23 Å². The van der Waals surface area contributed by atoms with E-state index in [2.05, 4.69) is 6.92 Å². The molecular formula is C15H33NO2. The van der Waals surface area contributed by atoms with Gasteiger partial charge in [0, 0.05) is 6.61 Å². The summed E-state index contributed by atoms with van der Waals surface area (Å²) in [5.74, 6) is 0. The fraction of sp³-hybridized carbons (Fsp3) is 1.00. The zero-order chi connectivity index (χ0) is 13.5. The highest BCUT2D eigenvalue weighted by atomic mass is 16.5. The maximum atomic E-state index is 8.66. The number of rotatable bonds is 14. The highest BCUT2D eigenvalue weighted by Crippen LogP contribution is 2.11. The van der Waals surface area contributed by atoms with Gasteiger partial charge in [-0.3, -0.25) is 0 Å². The van der Waals surface area contributed by atoms with Gasteiger partial charge in [-0.1, -0.05) is 71.1 Å². The number of hydrogen-bond donors (Lipinski definition) is 2. The van der Waals surface area contributed by atoms with Crippen LogP contribution >= 0.6 is 0 Å².